The number of hydrogen-bond donors (Lipinski definition) is 2. The Morgan fingerprint density at radius 3 is 1.23 bits per heavy atom. The number of carbonyl (C=O) groups is 2. The number of esters is 2. The zero-order valence-electron chi connectivity index (χ0n) is 25.9. The topological polar surface area (TPSA) is 102 Å². The predicted octanol–water partition coefficient (Wildman–Crippen LogP) is 7.92. The Morgan fingerprint density at radius 1 is 0.550 bits per heavy atom. The van der Waals surface area contributed by atoms with Gasteiger partial charge >= 0.3 is 11.9 Å². The summed E-state index contributed by atoms with van der Waals surface area (Å²) in [5, 5.41) is 19.9. The average molecular weight is 571 g/mol. The maximum Gasteiger partial charge on any atom is 0.306 e. The number of rotatable bonds is 27. The van der Waals surface area contributed by atoms with E-state index in [0.29, 0.717) is 0 Å². The van der Waals surface area contributed by atoms with Gasteiger partial charge in [-0.05, 0) is 12.8 Å². The zero-order chi connectivity index (χ0) is 29.3. The van der Waals surface area contributed by atoms with Crippen molar-refractivity contribution in [1.82, 2.24) is 0 Å². The summed E-state index contributed by atoms with van der Waals surface area (Å²) < 4.78 is 16.3. The Balaban J connectivity index is 2.19. The fourth-order valence-corrected chi connectivity index (χ4v) is 5.41. The number of ether oxygens (including phenoxy) is 3. The third kappa shape index (κ3) is 18.3. The quantitative estimate of drug-likeness (QED) is 0.0764. The fraction of sp³-hybridized carbons (Fsp3) is 0.939. The van der Waals surface area contributed by atoms with Gasteiger partial charge in [0.15, 0.2) is 18.5 Å². The summed E-state index contributed by atoms with van der Waals surface area (Å²) in [6.45, 7) is 4.04. The van der Waals surface area contributed by atoms with Crippen molar-refractivity contribution in [2.45, 2.75) is 193 Å². The van der Waals surface area contributed by atoms with E-state index >= 15 is 0 Å². The lowest BCUT2D eigenvalue weighted by Crippen LogP contribution is -2.41. The monoisotopic (exact) mass is 570 g/mol. The fourth-order valence-electron chi connectivity index (χ4n) is 5.41. The molecule has 0 unspecified atom stereocenters. The molecule has 0 bridgehead atoms. The second-order valence-corrected chi connectivity index (χ2v) is 11.7. The zero-order valence-corrected chi connectivity index (χ0v) is 25.9. The summed E-state index contributed by atoms with van der Waals surface area (Å²) in [6.07, 6.45) is 22.4. The highest BCUT2D eigenvalue weighted by molar-refractivity contribution is 5.70. The van der Waals surface area contributed by atoms with Crippen LogP contribution in [0.4, 0.5) is 0 Å². The van der Waals surface area contributed by atoms with E-state index < -0.39 is 43.1 Å². The molecule has 1 aliphatic heterocycles. The molecular formula is C33H62O7. The van der Waals surface area contributed by atoms with Crippen molar-refractivity contribution >= 4 is 11.9 Å². The molecule has 0 aromatic rings. The van der Waals surface area contributed by atoms with E-state index in [9.17, 15) is 19.8 Å². The van der Waals surface area contributed by atoms with Crippen molar-refractivity contribution in [2.75, 3.05) is 6.61 Å². The van der Waals surface area contributed by atoms with Crippen LogP contribution in [-0.2, 0) is 23.8 Å². The van der Waals surface area contributed by atoms with Crippen LogP contribution in [0.2, 0.25) is 0 Å². The van der Waals surface area contributed by atoms with Crippen LogP contribution in [0.5, 0.6) is 0 Å². The normalized spacial score (nSPS) is 20.6. The van der Waals surface area contributed by atoms with E-state index in [1.165, 1.54) is 103 Å². The molecule has 7 heteroatoms. The number of carbonyl (C=O) groups excluding carboxylic acids is 2. The largest absolute Gasteiger partial charge is 0.455 e. The van der Waals surface area contributed by atoms with Crippen LogP contribution >= 0.6 is 0 Å². The van der Waals surface area contributed by atoms with Crippen LogP contribution in [0, 0.1) is 0 Å². The molecule has 1 saturated heterocycles. The summed E-state index contributed by atoms with van der Waals surface area (Å²) >= 11 is 0. The van der Waals surface area contributed by atoms with Gasteiger partial charge in [-0.15, -0.1) is 0 Å². The molecule has 0 aliphatic carbocycles. The van der Waals surface area contributed by atoms with E-state index in [2.05, 4.69) is 13.8 Å². The number of aliphatic hydroxyl groups excluding tert-OH is 2. The van der Waals surface area contributed by atoms with Crippen LogP contribution in [-0.4, -0.2) is 53.4 Å². The van der Waals surface area contributed by atoms with Crippen LogP contribution in [0.3, 0.4) is 0 Å². The number of aliphatic hydroxyl groups is 2. The SMILES string of the molecule is CCCCCCCCCCCCCC(=O)O[C@@H]1[C@H](OC(=O)CCCCCCCCCCCCC)[C@@H](CO)O[C@H]1O. The predicted molar refractivity (Wildman–Crippen MR) is 160 cm³/mol. The highest BCUT2D eigenvalue weighted by Gasteiger charge is 2.48. The molecule has 0 amide bonds. The molecule has 4 atom stereocenters. The molecule has 2 N–H and O–H groups in total. The Kier molecular flexibility index (Phi) is 23.5. The Bertz CT molecular complexity index is 612. The molecular weight excluding hydrogens is 508 g/mol. The smallest absolute Gasteiger partial charge is 0.306 e. The van der Waals surface area contributed by atoms with Crippen molar-refractivity contribution < 1.29 is 34.0 Å². The van der Waals surface area contributed by atoms with Gasteiger partial charge in [-0.2, -0.15) is 0 Å². The standard InChI is InChI=1S/C33H62O7/c1-3-5-7-9-11-13-15-17-19-21-23-25-29(35)39-31-28(27-34)38-33(37)32(31)40-30(36)26-24-22-20-18-16-14-12-10-8-6-4-2/h28,31-34,37H,3-27H2,1-2H3/t28-,31-,32-,33-/m1/s1. The van der Waals surface area contributed by atoms with Gasteiger partial charge < -0.3 is 24.4 Å². The number of hydrogen-bond acceptors (Lipinski definition) is 7. The summed E-state index contributed by atoms with van der Waals surface area (Å²) in [5.74, 6) is -0.850. The van der Waals surface area contributed by atoms with Crippen molar-refractivity contribution in [1.29, 1.82) is 0 Å². The van der Waals surface area contributed by atoms with Crippen molar-refractivity contribution in [3.63, 3.8) is 0 Å². The molecule has 236 valence electrons. The first kappa shape index (κ1) is 36.8. The molecule has 40 heavy (non-hydrogen) atoms. The van der Waals surface area contributed by atoms with Gasteiger partial charge in [0.25, 0.3) is 0 Å². The maximum absolute atomic E-state index is 12.5. The minimum atomic E-state index is -1.42. The third-order valence-electron chi connectivity index (χ3n) is 7.97. The molecule has 1 heterocycles. The first-order valence-corrected chi connectivity index (χ1v) is 16.9. The summed E-state index contributed by atoms with van der Waals surface area (Å²) in [5.41, 5.74) is 0. The molecule has 0 saturated carbocycles. The lowest BCUT2D eigenvalue weighted by atomic mass is 10.1. The molecule has 1 aliphatic rings. The van der Waals surface area contributed by atoms with E-state index in [1.54, 1.807) is 0 Å². The molecule has 0 aromatic heterocycles. The highest BCUT2D eigenvalue weighted by atomic mass is 16.7. The average Bonchev–Trinajstić information content (AvgIpc) is 3.23. The molecule has 1 fully saturated rings. The first-order chi connectivity index (χ1) is 19.5. The van der Waals surface area contributed by atoms with Crippen LogP contribution in [0.1, 0.15) is 168 Å². The second kappa shape index (κ2) is 25.5. The molecule has 0 spiro atoms. The Morgan fingerprint density at radius 2 is 0.875 bits per heavy atom. The van der Waals surface area contributed by atoms with Gasteiger partial charge in [-0.3, -0.25) is 9.59 Å². The van der Waals surface area contributed by atoms with Gasteiger partial charge in [0.05, 0.1) is 6.61 Å². The maximum atomic E-state index is 12.5. The number of unbranched alkanes of at least 4 members (excludes halogenated alkanes) is 20. The van der Waals surface area contributed by atoms with Gasteiger partial charge in [-0.1, -0.05) is 142 Å². The summed E-state index contributed by atoms with van der Waals surface area (Å²) in [7, 11) is 0. The Labute approximate surface area is 245 Å². The van der Waals surface area contributed by atoms with Gasteiger partial charge in [0, 0.05) is 12.8 Å². The van der Waals surface area contributed by atoms with Crippen molar-refractivity contribution in [3.8, 4) is 0 Å². The van der Waals surface area contributed by atoms with Crippen molar-refractivity contribution in [3.05, 3.63) is 0 Å². The lowest BCUT2D eigenvalue weighted by Gasteiger charge is -2.22. The van der Waals surface area contributed by atoms with Crippen molar-refractivity contribution in [2.24, 2.45) is 0 Å². The van der Waals surface area contributed by atoms with Gasteiger partial charge in [0.2, 0.25) is 0 Å². The Hall–Kier alpha value is -1.18. The van der Waals surface area contributed by atoms with E-state index in [0.717, 1.165) is 38.5 Å². The van der Waals surface area contributed by atoms with Crippen LogP contribution in [0.25, 0.3) is 0 Å². The second-order valence-electron chi connectivity index (χ2n) is 11.7. The van der Waals surface area contributed by atoms with Crippen LogP contribution in [0.15, 0.2) is 0 Å². The highest BCUT2D eigenvalue weighted by Crippen LogP contribution is 2.27. The first-order valence-electron chi connectivity index (χ1n) is 16.9. The van der Waals surface area contributed by atoms with Gasteiger partial charge in [0.1, 0.15) is 6.10 Å². The molecule has 1 rings (SSSR count). The minimum Gasteiger partial charge on any atom is -0.455 e. The minimum absolute atomic E-state index is 0.253. The molecule has 0 aromatic carbocycles. The van der Waals surface area contributed by atoms with E-state index in [-0.39, 0.29) is 12.8 Å². The third-order valence-corrected chi connectivity index (χ3v) is 7.97. The summed E-state index contributed by atoms with van der Waals surface area (Å²) in [4.78, 5) is 24.9. The molecule has 0 radical (unpaired) electrons. The lowest BCUT2D eigenvalue weighted by molar-refractivity contribution is -0.177. The van der Waals surface area contributed by atoms with E-state index in [1.807, 2.05) is 0 Å². The van der Waals surface area contributed by atoms with Gasteiger partial charge in [-0.25, -0.2) is 0 Å². The summed E-state index contributed by atoms with van der Waals surface area (Å²) in [6, 6.07) is 0. The molecule has 7 nitrogen and oxygen atoms in total. The van der Waals surface area contributed by atoms with E-state index in [4.69, 9.17) is 14.2 Å². The van der Waals surface area contributed by atoms with Crippen LogP contribution < -0.4 is 0 Å².